The Morgan fingerprint density at radius 2 is 2.00 bits per heavy atom. The van der Waals surface area contributed by atoms with Crippen LogP contribution in [-0.2, 0) is 19.1 Å². The van der Waals surface area contributed by atoms with Gasteiger partial charge in [-0.25, -0.2) is 9.59 Å². The number of ether oxygens (including phenoxy) is 2. The summed E-state index contributed by atoms with van der Waals surface area (Å²) >= 11 is 0. The number of nitrogen functional groups attached to an aromatic ring is 1. The molecule has 0 radical (unpaired) electrons. The average molecular weight is 390 g/mol. The van der Waals surface area contributed by atoms with Crippen LogP contribution in [0.4, 0.5) is 10.5 Å². The summed E-state index contributed by atoms with van der Waals surface area (Å²) in [4.78, 5) is 38.5. The minimum Gasteiger partial charge on any atom is -0.480 e. The second-order valence-electron chi connectivity index (χ2n) is 6.70. The summed E-state index contributed by atoms with van der Waals surface area (Å²) in [6.07, 6.45) is -0.535. The van der Waals surface area contributed by atoms with Crippen LogP contribution in [0.3, 0.4) is 0 Å². The SMILES string of the molecule is N=C(N)c1ccc(N2CC(C(=O)N3CCCC(OCC(=O)O)C3)OC2=O)cc1. The van der Waals surface area contributed by atoms with Gasteiger partial charge in [-0.05, 0) is 37.1 Å². The molecule has 0 spiro atoms. The number of piperidine rings is 1. The Hall–Kier alpha value is -3.14. The predicted octanol–water partition coefficient (Wildman–Crippen LogP) is 0.388. The molecule has 1 aromatic carbocycles. The lowest BCUT2D eigenvalue weighted by Gasteiger charge is -2.33. The number of anilines is 1. The third-order valence-electron chi connectivity index (χ3n) is 4.71. The molecule has 2 aliphatic rings. The van der Waals surface area contributed by atoms with Crippen LogP contribution < -0.4 is 10.6 Å². The zero-order valence-corrected chi connectivity index (χ0v) is 15.2. The number of hydrogen-bond donors (Lipinski definition) is 3. The molecule has 0 saturated carbocycles. The van der Waals surface area contributed by atoms with Gasteiger partial charge in [-0.15, -0.1) is 0 Å². The van der Waals surface area contributed by atoms with E-state index in [2.05, 4.69) is 0 Å². The van der Waals surface area contributed by atoms with E-state index in [1.54, 1.807) is 29.2 Å². The number of amidine groups is 1. The summed E-state index contributed by atoms with van der Waals surface area (Å²) in [5.41, 5.74) is 6.50. The van der Waals surface area contributed by atoms with E-state index in [1.165, 1.54) is 4.90 Å². The number of carboxylic acids is 1. The lowest BCUT2D eigenvalue weighted by molar-refractivity contribution is -0.148. The fourth-order valence-electron chi connectivity index (χ4n) is 3.29. The summed E-state index contributed by atoms with van der Waals surface area (Å²) in [6, 6.07) is 6.52. The number of carboxylic acid groups (broad SMARTS) is 1. The van der Waals surface area contributed by atoms with Gasteiger partial charge in [0.1, 0.15) is 12.4 Å². The summed E-state index contributed by atoms with van der Waals surface area (Å²) in [7, 11) is 0. The number of benzene rings is 1. The molecule has 150 valence electrons. The zero-order valence-electron chi connectivity index (χ0n) is 15.2. The molecule has 1 aromatic rings. The normalized spacial score (nSPS) is 22.1. The molecule has 2 atom stereocenters. The summed E-state index contributed by atoms with van der Waals surface area (Å²) in [6.45, 7) is 0.448. The molecule has 2 fully saturated rings. The number of aliphatic carboxylic acids is 1. The molecule has 28 heavy (non-hydrogen) atoms. The highest BCUT2D eigenvalue weighted by Crippen LogP contribution is 2.24. The number of carbonyl (C=O) groups excluding carboxylic acids is 2. The lowest BCUT2D eigenvalue weighted by Crippen LogP contribution is -2.48. The van der Waals surface area contributed by atoms with Gasteiger partial charge >= 0.3 is 12.1 Å². The molecule has 2 unspecified atom stereocenters. The average Bonchev–Trinajstić information content (AvgIpc) is 3.07. The van der Waals surface area contributed by atoms with E-state index in [-0.39, 0.29) is 30.9 Å². The van der Waals surface area contributed by atoms with E-state index >= 15 is 0 Å². The van der Waals surface area contributed by atoms with Gasteiger partial charge in [0.2, 0.25) is 0 Å². The molecule has 2 aliphatic heterocycles. The second kappa shape index (κ2) is 8.26. The number of cyclic esters (lactones) is 1. The zero-order chi connectivity index (χ0) is 20.3. The Bertz CT molecular complexity index is 781. The molecule has 0 aromatic heterocycles. The highest BCUT2D eigenvalue weighted by Gasteiger charge is 2.40. The smallest absolute Gasteiger partial charge is 0.415 e. The number of amides is 2. The van der Waals surface area contributed by atoms with E-state index in [9.17, 15) is 14.4 Å². The minimum absolute atomic E-state index is 0.0756. The predicted molar refractivity (Wildman–Crippen MR) is 98.3 cm³/mol. The van der Waals surface area contributed by atoms with Gasteiger partial charge in [0.25, 0.3) is 5.91 Å². The van der Waals surface area contributed by atoms with Crippen LogP contribution in [0.1, 0.15) is 18.4 Å². The van der Waals surface area contributed by atoms with E-state index in [0.29, 0.717) is 30.6 Å². The fourth-order valence-corrected chi connectivity index (χ4v) is 3.29. The first kappa shape index (κ1) is 19.6. The molecular formula is C18H22N4O6. The summed E-state index contributed by atoms with van der Waals surface area (Å²) in [5, 5.41) is 16.1. The number of rotatable bonds is 6. The molecule has 10 nitrogen and oxygen atoms in total. The highest BCUT2D eigenvalue weighted by molar-refractivity contribution is 5.97. The fraction of sp³-hybridized carbons (Fsp3) is 0.444. The van der Waals surface area contributed by atoms with Crippen molar-refractivity contribution >= 4 is 29.5 Å². The van der Waals surface area contributed by atoms with Gasteiger partial charge in [0.05, 0.1) is 12.6 Å². The van der Waals surface area contributed by atoms with Gasteiger partial charge in [-0.3, -0.25) is 15.1 Å². The maximum Gasteiger partial charge on any atom is 0.415 e. The number of nitrogens with two attached hydrogens (primary N) is 1. The number of nitrogens with one attached hydrogen (secondary N) is 1. The second-order valence-corrected chi connectivity index (χ2v) is 6.70. The van der Waals surface area contributed by atoms with E-state index in [4.69, 9.17) is 25.7 Å². The van der Waals surface area contributed by atoms with Crippen molar-refractivity contribution < 1.29 is 29.0 Å². The molecule has 4 N–H and O–H groups in total. The Morgan fingerprint density at radius 1 is 1.29 bits per heavy atom. The Morgan fingerprint density at radius 3 is 2.64 bits per heavy atom. The van der Waals surface area contributed by atoms with Crippen molar-refractivity contribution in [3.63, 3.8) is 0 Å². The quantitative estimate of drug-likeness (QED) is 0.470. The Labute approximate surface area is 161 Å². The van der Waals surface area contributed by atoms with Crippen LogP contribution >= 0.6 is 0 Å². The van der Waals surface area contributed by atoms with Crippen molar-refractivity contribution in [2.45, 2.75) is 25.0 Å². The third-order valence-corrected chi connectivity index (χ3v) is 4.71. The van der Waals surface area contributed by atoms with Gasteiger partial charge in [0.15, 0.2) is 6.10 Å². The Kier molecular flexibility index (Phi) is 5.78. The highest BCUT2D eigenvalue weighted by atomic mass is 16.6. The van der Waals surface area contributed by atoms with Gasteiger partial charge in [0, 0.05) is 24.3 Å². The van der Waals surface area contributed by atoms with E-state index in [0.717, 1.165) is 0 Å². The van der Waals surface area contributed by atoms with Crippen LogP contribution in [0.15, 0.2) is 24.3 Å². The molecule has 3 rings (SSSR count). The number of likely N-dealkylation sites (tertiary alicyclic amines) is 1. The minimum atomic E-state index is -1.06. The number of carbonyl (C=O) groups is 3. The Balaban J connectivity index is 1.61. The number of nitrogens with zero attached hydrogens (tertiary/aromatic N) is 2. The van der Waals surface area contributed by atoms with Crippen molar-refractivity contribution in [2.75, 3.05) is 31.1 Å². The molecule has 0 aliphatic carbocycles. The van der Waals surface area contributed by atoms with Gasteiger partial charge in [-0.2, -0.15) is 0 Å². The first-order chi connectivity index (χ1) is 13.3. The standard InChI is InChI=1S/C18H22N4O6/c19-16(20)11-3-5-12(6-4-11)22-9-14(28-18(22)26)17(25)21-7-1-2-13(8-21)27-10-15(23)24/h3-6,13-14H,1-2,7-10H2,(H3,19,20)(H,23,24). The molecule has 2 amide bonds. The molecule has 0 bridgehead atoms. The molecule has 2 saturated heterocycles. The number of hydrogen-bond acceptors (Lipinski definition) is 6. The van der Waals surface area contributed by atoms with Crippen LogP contribution in [0, 0.1) is 5.41 Å². The van der Waals surface area contributed by atoms with Crippen LogP contribution in [-0.4, -0.2) is 72.3 Å². The van der Waals surface area contributed by atoms with Crippen molar-refractivity contribution in [1.29, 1.82) is 5.41 Å². The molecular weight excluding hydrogens is 368 g/mol. The first-order valence-corrected chi connectivity index (χ1v) is 8.90. The first-order valence-electron chi connectivity index (χ1n) is 8.90. The van der Waals surface area contributed by atoms with Crippen LogP contribution in [0.2, 0.25) is 0 Å². The van der Waals surface area contributed by atoms with Gasteiger partial charge < -0.3 is 25.2 Å². The third kappa shape index (κ3) is 4.39. The van der Waals surface area contributed by atoms with Crippen LogP contribution in [0.25, 0.3) is 0 Å². The monoisotopic (exact) mass is 390 g/mol. The van der Waals surface area contributed by atoms with E-state index in [1.807, 2.05) is 0 Å². The van der Waals surface area contributed by atoms with Crippen molar-refractivity contribution in [3.05, 3.63) is 29.8 Å². The molecule has 2 heterocycles. The van der Waals surface area contributed by atoms with Gasteiger partial charge in [-0.1, -0.05) is 0 Å². The van der Waals surface area contributed by atoms with Crippen molar-refractivity contribution in [1.82, 2.24) is 4.90 Å². The lowest BCUT2D eigenvalue weighted by atomic mass is 10.1. The van der Waals surface area contributed by atoms with Crippen molar-refractivity contribution in [3.8, 4) is 0 Å². The maximum absolute atomic E-state index is 12.8. The topological polar surface area (TPSA) is 146 Å². The summed E-state index contributed by atoms with van der Waals surface area (Å²) in [5.74, 6) is -1.45. The summed E-state index contributed by atoms with van der Waals surface area (Å²) < 4.78 is 10.5. The molecule has 10 heteroatoms. The van der Waals surface area contributed by atoms with E-state index < -0.39 is 24.8 Å². The van der Waals surface area contributed by atoms with Crippen molar-refractivity contribution in [2.24, 2.45) is 5.73 Å². The largest absolute Gasteiger partial charge is 0.480 e. The van der Waals surface area contributed by atoms with Crippen LogP contribution in [0.5, 0.6) is 0 Å². The maximum atomic E-state index is 12.8.